The number of hydrogen-bond donors (Lipinski definition) is 2. The molecule has 19 heavy (non-hydrogen) atoms. The Morgan fingerprint density at radius 2 is 2.11 bits per heavy atom. The number of phenolic OH excluding ortho intramolecular Hbond substituents is 1. The van der Waals surface area contributed by atoms with Crippen LogP contribution >= 0.6 is 0 Å². The number of rotatable bonds is 5. The number of anilines is 1. The predicted molar refractivity (Wildman–Crippen MR) is 74.3 cm³/mol. The van der Waals surface area contributed by atoms with Gasteiger partial charge in [0.25, 0.3) is 0 Å². The lowest BCUT2D eigenvalue weighted by Gasteiger charge is -2.31. The van der Waals surface area contributed by atoms with Crippen molar-refractivity contribution in [1.82, 2.24) is 4.31 Å². The van der Waals surface area contributed by atoms with Gasteiger partial charge in [-0.05, 0) is 37.0 Å². The zero-order valence-electron chi connectivity index (χ0n) is 11.0. The number of hydrogen-bond acceptors (Lipinski definition) is 4. The molecule has 1 aromatic carbocycles. The van der Waals surface area contributed by atoms with Gasteiger partial charge in [0.05, 0.1) is 10.6 Å². The molecule has 0 unspecified atom stereocenters. The second-order valence-corrected chi connectivity index (χ2v) is 6.91. The molecule has 3 N–H and O–H groups in total. The van der Waals surface area contributed by atoms with Crippen molar-refractivity contribution in [3.05, 3.63) is 18.2 Å². The van der Waals surface area contributed by atoms with Crippen molar-refractivity contribution in [1.29, 1.82) is 0 Å². The SMILES string of the molecule is CCN(CC1CCC1)S(=O)(=O)c1ccc(O)c(N)c1. The highest BCUT2D eigenvalue weighted by atomic mass is 32.2. The molecular weight excluding hydrogens is 264 g/mol. The molecule has 0 radical (unpaired) electrons. The van der Waals surface area contributed by atoms with E-state index in [0.29, 0.717) is 19.0 Å². The van der Waals surface area contributed by atoms with Crippen LogP contribution in [0.3, 0.4) is 0 Å². The normalized spacial score (nSPS) is 16.5. The van der Waals surface area contributed by atoms with Crippen molar-refractivity contribution in [3.8, 4) is 5.75 Å². The fourth-order valence-electron chi connectivity index (χ4n) is 2.20. The van der Waals surface area contributed by atoms with Gasteiger partial charge in [0.15, 0.2) is 0 Å². The van der Waals surface area contributed by atoms with Crippen LogP contribution in [0.25, 0.3) is 0 Å². The van der Waals surface area contributed by atoms with Crippen LogP contribution in [0.2, 0.25) is 0 Å². The van der Waals surface area contributed by atoms with E-state index in [-0.39, 0.29) is 16.3 Å². The van der Waals surface area contributed by atoms with Crippen LogP contribution in [-0.4, -0.2) is 30.9 Å². The monoisotopic (exact) mass is 284 g/mol. The van der Waals surface area contributed by atoms with E-state index in [0.717, 1.165) is 12.8 Å². The molecule has 1 saturated carbocycles. The number of nitrogens with zero attached hydrogens (tertiary/aromatic N) is 1. The number of benzene rings is 1. The number of aromatic hydroxyl groups is 1. The number of nitrogen functional groups attached to an aromatic ring is 1. The molecule has 0 heterocycles. The highest BCUT2D eigenvalue weighted by Crippen LogP contribution is 2.30. The molecule has 0 aliphatic heterocycles. The van der Waals surface area contributed by atoms with E-state index >= 15 is 0 Å². The topological polar surface area (TPSA) is 83.6 Å². The summed E-state index contributed by atoms with van der Waals surface area (Å²) in [6.07, 6.45) is 3.39. The Balaban J connectivity index is 2.25. The Bertz CT molecular complexity index is 553. The van der Waals surface area contributed by atoms with Crippen LogP contribution in [0.15, 0.2) is 23.1 Å². The molecule has 2 rings (SSSR count). The van der Waals surface area contributed by atoms with E-state index in [2.05, 4.69) is 0 Å². The lowest BCUT2D eigenvalue weighted by Crippen LogP contribution is -2.37. The Kier molecular flexibility index (Phi) is 4.01. The average Bonchev–Trinajstić information content (AvgIpc) is 2.31. The minimum absolute atomic E-state index is 0.0840. The molecule has 0 amide bonds. The van der Waals surface area contributed by atoms with Crippen molar-refractivity contribution in [3.63, 3.8) is 0 Å². The van der Waals surface area contributed by atoms with Gasteiger partial charge in [0.2, 0.25) is 10.0 Å². The van der Waals surface area contributed by atoms with Gasteiger partial charge in [-0.25, -0.2) is 8.42 Å². The lowest BCUT2D eigenvalue weighted by molar-refractivity contribution is 0.250. The summed E-state index contributed by atoms with van der Waals surface area (Å²) in [5.74, 6) is 0.380. The molecule has 6 heteroatoms. The maximum atomic E-state index is 12.5. The molecule has 1 aliphatic carbocycles. The average molecular weight is 284 g/mol. The summed E-state index contributed by atoms with van der Waals surface area (Å²) in [4.78, 5) is 0.143. The van der Waals surface area contributed by atoms with Crippen molar-refractivity contribution in [2.24, 2.45) is 5.92 Å². The van der Waals surface area contributed by atoms with E-state index in [1.165, 1.54) is 28.9 Å². The van der Waals surface area contributed by atoms with Gasteiger partial charge in [0.1, 0.15) is 5.75 Å². The Morgan fingerprint density at radius 1 is 1.42 bits per heavy atom. The standard InChI is InChI=1S/C13H20N2O3S/c1-2-15(9-10-4-3-5-10)19(17,18)11-6-7-13(16)12(14)8-11/h6-8,10,16H,2-5,9,14H2,1H3. The van der Waals surface area contributed by atoms with E-state index < -0.39 is 10.0 Å². The largest absolute Gasteiger partial charge is 0.506 e. The van der Waals surface area contributed by atoms with Gasteiger partial charge in [-0.15, -0.1) is 0 Å². The van der Waals surface area contributed by atoms with Crippen molar-refractivity contribution in [2.75, 3.05) is 18.8 Å². The maximum Gasteiger partial charge on any atom is 0.243 e. The van der Waals surface area contributed by atoms with E-state index in [1.807, 2.05) is 6.92 Å². The van der Waals surface area contributed by atoms with Crippen LogP contribution in [0.5, 0.6) is 5.75 Å². The second kappa shape index (κ2) is 5.38. The summed E-state index contributed by atoms with van der Waals surface area (Å²) in [6.45, 7) is 2.85. The van der Waals surface area contributed by atoms with Gasteiger partial charge in [-0.1, -0.05) is 13.3 Å². The van der Waals surface area contributed by atoms with E-state index in [4.69, 9.17) is 5.73 Å². The van der Waals surface area contributed by atoms with Crippen molar-refractivity contribution in [2.45, 2.75) is 31.1 Å². The number of sulfonamides is 1. The first-order chi connectivity index (χ1) is 8.95. The number of nitrogens with two attached hydrogens (primary N) is 1. The smallest absolute Gasteiger partial charge is 0.243 e. The van der Waals surface area contributed by atoms with Crippen LogP contribution in [0.1, 0.15) is 26.2 Å². The molecule has 0 aromatic heterocycles. The first kappa shape index (κ1) is 14.1. The highest BCUT2D eigenvalue weighted by molar-refractivity contribution is 7.89. The molecule has 1 aliphatic rings. The fourth-order valence-corrected chi connectivity index (χ4v) is 3.76. The Hall–Kier alpha value is -1.27. The molecule has 5 nitrogen and oxygen atoms in total. The Labute approximate surface area is 114 Å². The third-order valence-corrected chi connectivity index (χ3v) is 5.61. The van der Waals surface area contributed by atoms with E-state index in [9.17, 15) is 13.5 Å². The van der Waals surface area contributed by atoms with Gasteiger partial charge in [-0.2, -0.15) is 4.31 Å². The third-order valence-electron chi connectivity index (χ3n) is 3.68. The molecule has 0 atom stereocenters. The summed E-state index contributed by atoms with van der Waals surface area (Å²) < 4.78 is 26.5. The molecular formula is C13H20N2O3S. The molecule has 106 valence electrons. The summed E-state index contributed by atoms with van der Waals surface area (Å²) in [7, 11) is -3.52. The van der Waals surface area contributed by atoms with Gasteiger partial charge < -0.3 is 10.8 Å². The first-order valence-corrected chi connectivity index (χ1v) is 7.97. The minimum Gasteiger partial charge on any atom is -0.506 e. The fraction of sp³-hybridized carbons (Fsp3) is 0.538. The van der Waals surface area contributed by atoms with Gasteiger partial charge >= 0.3 is 0 Å². The highest BCUT2D eigenvalue weighted by Gasteiger charge is 2.28. The zero-order valence-corrected chi connectivity index (χ0v) is 11.9. The van der Waals surface area contributed by atoms with Crippen LogP contribution < -0.4 is 5.73 Å². The molecule has 1 fully saturated rings. The van der Waals surface area contributed by atoms with Gasteiger partial charge in [-0.3, -0.25) is 0 Å². The minimum atomic E-state index is -3.52. The third kappa shape index (κ3) is 2.84. The van der Waals surface area contributed by atoms with Crippen LogP contribution in [0.4, 0.5) is 5.69 Å². The van der Waals surface area contributed by atoms with Crippen LogP contribution in [0, 0.1) is 5.92 Å². The molecule has 0 bridgehead atoms. The summed E-state index contributed by atoms with van der Waals surface area (Å²) in [5, 5.41) is 9.36. The van der Waals surface area contributed by atoms with Gasteiger partial charge in [0, 0.05) is 13.1 Å². The lowest BCUT2D eigenvalue weighted by atomic mass is 9.85. The second-order valence-electron chi connectivity index (χ2n) is 4.97. The molecule has 1 aromatic rings. The first-order valence-electron chi connectivity index (χ1n) is 6.53. The summed E-state index contributed by atoms with van der Waals surface area (Å²) >= 11 is 0. The Morgan fingerprint density at radius 3 is 2.58 bits per heavy atom. The molecule has 0 saturated heterocycles. The quantitative estimate of drug-likeness (QED) is 0.637. The summed E-state index contributed by atoms with van der Waals surface area (Å²) in [5.41, 5.74) is 5.65. The van der Waals surface area contributed by atoms with Crippen molar-refractivity contribution >= 4 is 15.7 Å². The van der Waals surface area contributed by atoms with Crippen LogP contribution in [-0.2, 0) is 10.0 Å². The van der Waals surface area contributed by atoms with E-state index in [1.54, 1.807) is 0 Å². The predicted octanol–water partition coefficient (Wildman–Crippen LogP) is 1.79. The maximum absolute atomic E-state index is 12.5. The molecule has 0 spiro atoms. The number of phenols is 1. The van der Waals surface area contributed by atoms with Crippen molar-refractivity contribution < 1.29 is 13.5 Å². The zero-order chi connectivity index (χ0) is 14.0. The summed E-state index contributed by atoms with van der Waals surface area (Å²) in [6, 6.07) is 4.03.